The third-order valence-corrected chi connectivity index (χ3v) is 3.86. The molecule has 0 saturated heterocycles. The minimum absolute atomic E-state index is 0.0713. The maximum absolute atomic E-state index is 12.5. The summed E-state index contributed by atoms with van der Waals surface area (Å²) in [6.45, 7) is 2.63. The summed E-state index contributed by atoms with van der Waals surface area (Å²) in [5.74, 6) is 0.475. The number of aromatic nitrogens is 1. The molecule has 0 unspecified atom stereocenters. The number of hydrogen-bond acceptors (Lipinski definition) is 5. The fourth-order valence-electron chi connectivity index (χ4n) is 2.53. The number of benzene rings is 1. The van der Waals surface area contributed by atoms with E-state index in [1.54, 1.807) is 35.5 Å². The van der Waals surface area contributed by atoms with E-state index in [9.17, 15) is 9.59 Å². The highest BCUT2D eigenvalue weighted by Crippen LogP contribution is 2.27. The van der Waals surface area contributed by atoms with Crippen LogP contribution in [0.2, 0.25) is 0 Å². The van der Waals surface area contributed by atoms with E-state index in [1.165, 1.54) is 21.1 Å². The van der Waals surface area contributed by atoms with Gasteiger partial charge in [0.2, 0.25) is 5.91 Å². The van der Waals surface area contributed by atoms with Crippen molar-refractivity contribution in [2.24, 2.45) is 0 Å². The van der Waals surface area contributed by atoms with Gasteiger partial charge in [-0.15, -0.1) is 0 Å². The van der Waals surface area contributed by atoms with Crippen LogP contribution in [0.4, 0.5) is 0 Å². The molecule has 0 aliphatic heterocycles. The van der Waals surface area contributed by atoms with Crippen LogP contribution < -0.4 is 14.8 Å². The lowest BCUT2D eigenvalue weighted by Crippen LogP contribution is -2.37. The molecule has 7 nitrogen and oxygen atoms in total. The molecule has 0 atom stereocenters. The Balaban J connectivity index is 1.99. The van der Waals surface area contributed by atoms with E-state index in [4.69, 9.17) is 9.47 Å². The molecule has 0 radical (unpaired) electrons. The first kappa shape index (κ1) is 19.2. The van der Waals surface area contributed by atoms with Gasteiger partial charge in [-0.1, -0.05) is 12.1 Å². The number of nitrogens with one attached hydrogen (secondary N) is 1. The SMILES string of the molecule is COc1cccc(OC)c1C(=O)NCCN(Cc1cccnc1)C(C)=O. The Morgan fingerprint density at radius 3 is 2.35 bits per heavy atom. The zero-order chi connectivity index (χ0) is 18.9. The van der Waals surface area contributed by atoms with Crippen LogP contribution in [0.1, 0.15) is 22.8 Å². The summed E-state index contributed by atoms with van der Waals surface area (Å²) in [5.41, 5.74) is 1.26. The Hall–Kier alpha value is -3.09. The van der Waals surface area contributed by atoms with Gasteiger partial charge < -0.3 is 19.7 Å². The van der Waals surface area contributed by atoms with Gasteiger partial charge in [0, 0.05) is 39.0 Å². The van der Waals surface area contributed by atoms with Crippen LogP contribution in [0.25, 0.3) is 0 Å². The number of amides is 2. The van der Waals surface area contributed by atoms with E-state index >= 15 is 0 Å². The molecule has 0 aliphatic carbocycles. The van der Waals surface area contributed by atoms with Crippen molar-refractivity contribution in [2.45, 2.75) is 13.5 Å². The van der Waals surface area contributed by atoms with E-state index in [1.807, 2.05) is 12.1 Å². The lowest BCUT2D eigenvalue weighted by atomic mass is 10.1. The van der Waals surface area contributed by atoms with Gasteiger partial charge in [0.05, 0.1) is 14.2 Å². The summed E-state index contributed by atoms with van der Waals surface area (Å²) in [6.07, 6.45) is 3.40. The number of ether oxygens (including phenoxy) is 2. The molecule has 138 valence electrons. The van der Waals surface area contributed by atoms with Crippen molar-refractivity contribution in [3.8, 4) is 11.5 Å². The molecule has 2 aromatic rings. The number of nitrogens with zero attached hydrogens (tertiary/aromatic N) is 2. The lowest BCUT2D eigenvalue weighted by Gasteiger charge is -2.21. The van der Waals surface area contributed by atoms with Gasteiger partial charge in [0.15, 0.2) is 0 Å². The van der Waals surface area contributed by atoms with Crippen molar-refractivity contribution in [3.05, 3.63) is 53.9 Å². The van der Waals surface area contributed by atoms with Gasteiger partial charge >= 0.3 is 0 Å². The smallest absolute Gasteiger partial charge is 0.258 e. The van der Waals surface area contributed by atoms with Crippen LogP contribution in [-0.2, 0) is 11.3 Å². The average molecular weight is 357 g/mol. The third kappa shape index (κ3) is 4.95. The monoisotopic (exact) mass is 357 g/mol. The highest BCUT2D eigenvalue weighted by molar-refractivity contribution is 5.99. The summed E-state index contributed by atoms with van der Waals surface area (Å²) in [4.78, 5) is 30.1. The Bertz CT molecular complexity index is 727. The second-order valence-electron chi connectivity index (χ2n) is 5.60. The maximum atomic E-state index is 12.5. The molecule has 1 aromatic heterocycles. The van der Waals surface area contributed by atoms with Crippen molar-refractivity contribution in [3.63, 3.8) is 0 Å². The summed E-state index contributed by atoms with van der Waals surface area (Å²) < 4.78 is 10.5. The summed E-state index contributed by atoms with van der Waals surface area (Å²) in [7, 11) is 2.99. The molecule has 0 bridgehead atoms. The van der Waals surface area contributed by atoms with E-state index in [-0.39, 0.29) is 11.8 Å². The predicted octanol–water partition coefficient (Wildman–Crippen LogP) is 1.88. The van der Waals surface area contributed by atoms with Gasteiger partial charge in [-0.3, -0.25) is 14.6 Å². The van der Waals surface area contributed by atoms with Gasteiger partial charge in [0.25, 0.3) is 5.91 Å². The van der Waals surface area contributed by atoms with Gasteiger partial charge in [-0.05, 0) is 23.8 Å². The van der Waals surface area contributed by atoms with Crippen LogP contribution in [0.3, 0.4) is 0 Å². The minimum atomic E-state index is -0.316. The predicted molar refractivity (Wildman–Crippen MR) is 97.2 cm³/mol. The summed E-state index contributed by atoms with van der Waals surface area (Å²) >= 11 is 0. The highest BCUT2D eigenvalue weighted by Gasteiger charge is 2.18. The van der Waals surface area contributed by atoms with Crippen molar-refractivity contribution < 1.29 is 19.1 Å². The largest absolute Gasteiger partial charge is 0.496 e. The number of rotatable bonds is 8. The Morgan fingerprint density at radius 1 is 1.12 bits per heavy atom. The lowest BCUT2D eigenvalue weighted by molar-refractivity contribution is -0.129. The molecular formula is C19H23N3O4. The van der Waals surface area contributed by atoms with Gasteiger partial charge in [-0.2, -0.15) is 0 Å². The molecule has 0 aliphatic rings. The molecule has 7 heteroatoms. The van der Waals surface area contributed by atoms with E-state index in [0.29, 0.717) is 36.7 Å². The molecule has 0 spiro atoms. The topological polar surface area (TPSA) is 80.8 Å². The molecule has 1 heterocycles. The van der Waals surface area contributed by atoms with Gasteiger partial charge in [-0.25, -0.2) is 0 Å². The number of methoxy groups -OCH3 is 2. The first-order valence-corrected chi connectivity index (χ1v) is 8.20. The second-order valence-corrected chi connectivity index (χ2v) is 5.60. The van der Waals surface area contributed by atoms with Crippen molar-refractivity contribution in [1.29, 1.82) is 0 Å². The standard InChI is InChI=1S/C19H23N3O4/c1-14(23)22(13-15-6-5-9-20-12-15)11-10-21-19(24)18-16(25-2)7-4-8-17(18)26-3/h4-9,12H,10-11,13H2,1-3H3,(H,21,24). The van der Waals surface area contributed by atoms with Crippen molar-refractivity contribution in [2.75, 3.05) is 27.3 Å². The van der Waals surface area contributed by atoms with E-state index in [2.05, 4.69) is 10.3 Å². The normalized spacial score (nSPS) is 10.1. The van der Waals surface area contributed by atoms with Crippen molar-refractivity contribution >= 4 is 11.8 Å². The quantitative estimate of drug-likeness (QED) is 0.780. The zero-order valence-electron chi connectivity index (χ0n) is 15.2. The Labute approximate surface area is 152 Å². The van der Waals surface area contributed by atoms with Crippen LogP contribution in [0.15, 0.2) is 42.7 Å². The summed E-state index contributed by atoms with van der Waals surface area (Å²) in [6, 6.07) is 8.87. The third-order valence-electron chi connectivity index (χ3n) is 3.86. The minimum Gasteiger partial charge on any atom is -0.496 e. The highest BCUT2D eigenvalue weighted by atomic mass is 16.5. The fourth-order valence-corrected chi connectivity index (χ4v) is 2.53. The zero-order valence-corrected chi connectivity index (χ0v) is 15.2. The molecular weight excluding hydrogens is 334 g/mol. The van der Waals surface area contributed by atoms with Crippen LogP contribution in [-0.4, -0.2) is 49.0 Å². The average Bonchev–Trinajstić information content (AvgIpc) is 2.66. The first-order chi connectivity index (χ1) is 12.6. The Morgan fingerprint density at radius 2 is 1.81 bits per heavy atom. The maximum Gasteiger partial charge on any atom is 0.258 e. The molecule has 1 aromatic carbocycles. The Kier molecular flexibility index (Phi) is 6.96. The molecule has 0 saturated carbocycles. The molecule has 0 fully saturated rings. The molecule has 2 amide bonds. The fraction of sp³-hybridized carbons (Fsp3) is 0.316. The van der Waals surface area contributed by atoms with Crippen LogP contribution in [0, 0.1) is 0 Å². The van der Waals surface area contributed by atoms with Crippen LogP contribution >= 0.6 is 0 Å². The second kappa shape index (κ2) is 9.41. The van der Waals surface area contributed by atoms with Gasteiger partial charge in [0.1, 0.15) is 17.1 Å². The molecule has 2 rings (SSSR count). The number of hydrogen-bond donors (Lipinski definition) is 1. The van der Waals surface area contributed by atoms with E-state index in [0.717, 1.165) is 5.56 Å². The number of pyridine rings is 1. The van der Waals surface area contributed by atoms with Crippen molar-refractivity contribution in [1.82, 2.24) is 15.2 Å². The first-order valence-electron chi connectivity index (χ1n) is 8.20. The molecule has 1 N–H and O–H groups in total. The number of carbonyl (C=O) groups excluding carboxylic acids is 2. The number of carbonyl (C=O) groups is 2. The summed E-state index contributed by atoms with van der Waals surface area (Å²) in [5, 5.41) is 2.81. The van der Waals surface area contributed by atoms with E-state index < -0.39 is 0 Å². The molecule has 26 heavy (non-hydrogen) atoms. The van der Waals surface area contributed by atoms with Crippen LogP contribution in [0.5, 0.6) is 11.5 Å².